The molecule has 0 aliphatic carbocycles. The summed E-state index contributed by atoms with van der Waals surface area (Å²) in [4.78, 5) is 28.0. The number of anilines is 1. The number of carbonyl (C=O) groups is 1. The van der Waals surface area contributed by atoms with Crippen LogP contribution in [-0.2, 0) is 0 Å². The van der Waals surface area contributed by atoms with Crippen molar-refractivity contribution in [1.29, 1.82) is 0 Å². The van der Waals surface area contributed by atoms with Gasteiger partial charge in [0.05, 0.1) is 6.54 Å². The quantitative estimate of drug-likeness (QED) is 0.412. The Bertz CT molecular complexity index is 1080. The minimum atomic E-state index is -0.289. The molecule has 0 saturated heterocycles. The van der Waals surface area contributed by atoms with Gasteiger partial charge in [0, 0.05) is 34.4 Å². The molecule has 0 atom stereocenters. The lowest BCUT2D eigenvalue weighted by atomic mass is 10.0. The van der Waals surface area contributed by atoms with Gasteiger partial charge in [-0.1, -0.05) is 0 Å². The van der Waals surface area contributed by atoms with Crippen LogP contribution in [0.3, 0.4) is 0 Å². The van der Waals surface area contributed by atoms with Gasteiger partial charge in [0.1, 0.15) is 5.69 Å². The third-order valence-corrected chi connectivity index (χ3v) is 4.77. The molecule has 6 nitrogen and oxygen atoms in total. The lowest BCUT2D eigenvalue weighted by Crippen LogP contribution is -2.40. The van der Waals surface area contributed by atoms with Gasteiger partial charge in [-0.15, -0.1) is 0 Å². The summed E-state index contributed by atoms with van der Waals surface area (Å²) in [6.45, 7) is 9.75. The number of Topliss-reactive ketones (excluding diaryl/α,β-unsaturated/α-hetero) is 1. The van der Waals surface area contributed by atoms with Crippen molar-refractivity contribution in [3.8, 4) is 0 Å². The zero-order chi connectivity index (χ0) is 19.9. The third kappa shape index (κ3) is 3.53. The number of hydrogen-bond donors (Lipinski definition) is 2. The topological polar surface area (TPSA) is 84.1 Å². The molecule has 3 rings (SSSR count). The summed E-state index contributed by atoms with van der Waals surface area (Å²) in [5.74, 6) is 5.99. The predicted molar refractivity (Wildman–Crippen MR) is 109 cm³/mol. The average molecular weight is 366 g/mol. The monoisotopic (exact) mass is 366 g/mol. The van der Waals surface area contributed by atoms with E-state index in [4.69, 9.17) is 5.84 Å². The van der Waals surface area contributed by atoms with Gasteiger partial charge >= 0.3 is 0 Å². The molecule has 0 aliphatic heterocycles. The van der Waals surface area contributed by atoms with Crippen LogP contribution in [0.25, 0.3) is 10.9 Å². The molecule has 6 heteroatoms. The number of carbonyl (C=O) groups excluding carboxylic acids is 1. The number of rotatable bonds is 5. The standard InChI is InChI=1S/C21H26N4O2/c1-12(2)24-7-6-16-17(8-13(3)9-18(16)24)19(26)11-25(22)20-14(4)10-15(5)23-21(20)27/h6-10,12H,11,22H2,1-5H3,(H,23,27). The van der Waals surface area contributed by atoms with E-state index in [1.54, 1.807) is 0 Å². The Kier molecular flexibility index (Phi) is 4.93. The Hall–Kier alpha value is -2.86. The normalized spacial score (nSPS) is 11.4. The zero-order valence-corrected chi connectivity index (χ0v) is 16.5. The number of nitrogens with two attached hydrogens (primary N) is 1. The number of aromatic amines is 1. The smallest absolute Gasteiger partial charge is 0.273 e. The molecule has 2 heterocycles. The van der Waals surface area contributed by atoms with Crippen molar-refractivity contribution in [2.24, 2.45) is 5.84 Å². The van der Waals surface area contributed by atoms with Crippen molar-refractivity contribution >= 4 is 22.4 Å². The highest BCUT2D eigenvalue weighted by Gasteiger charge is 2.19. The molecule has 142 valence electrons. The van der Waals surface area contributed by atoms with Crippen molar-refractivity contribution in [1.82, 2.24) is 9.55 Å². The van der Waals surface area contributed by atoms with Crippen LogP contribution < -0.4 is 16.4 Å². The first-order valence-electron chi connectivity index (χ1n) is 9.06. The Labute approximate surface area is 158 Å². The summed E-state index contributed by atoms with van der Waals surface area (Å²) in [7, 11) is 0. The van der Waals surface area contributed by atoms with Crippen molar-refractivity contribution < 1.29 is 4.79 Å². The van der Waals surface area contributed by atoms with Gasteiger partial charge in [-0.25, -0.2) is 5.84 Å². The van der Waals surface area contributed by atoms with E-state index in [1.807, 2.05) is 45.2 Å². The largest absolute Gasteiger partial charge is 0.345 e. The fourth-order valence-electron chi connectivity index (χ4n) is 3.61. The van der Waals surface area contributed by atoms with Crippen LogP contribution >= 0.6 is 0 Å². The molecule has 0 aliphatic rings. The molecule has 1 aromatic carbocycles. The lowest BCUT2D eigenvalue weighted by Gasteiger charge is -2.20. The fourth-order valence-corrected chi connectivity index (χ4v) is 3.61. The first-order valence-corrected chi connectivity index (χ1v) is 9.06. The number of H-pyrrole nitrogens is 1. The summed E-state index contributed by atoms with van der Waals surface area (Å²) < 4.78 is 2.15. The minimum absolute atomic E-state index is 0.0710. The van der Waals surface area contributed by atoms with E-state index < -0.39 is 0 Å². The van der Waals surface area contributed by atoms with Crippen LogP contribution in [0.1, 0.15) is 47.1 Å². The number of nitrogens with zero attached hydrogens (tertiary/aromatic N) is 2. The average Bonchev–Trinajstić information content (AvgIpc) is 2.96. The SMILES string of the molecule is Cc1cc(C(=O)CN(N)c2c(C)cc(C)[nH]c2=O)c2ccn(C(C)C)c2c1. The number of aryl methyl sites for hydroxylation is 3. The van der Waals surface area contributed by atoms with Crippen LogP contribution in [0.4, 0.5) is 5.69 Å². The lowest BCUT2D eigenvalue weighted by molar-refractivity contribution is 0.100. The molecule has 27 heavy (non-hydrogen) atoms. The van der Waals surface area contributed by atoms with E-state index in [2.05, 4.69) is 29.5 Å². The second kappa shape index (κ2) is 7.04. The van der Waals surface area contributed by atoms with E-state index in [1.165, 1.54) is 5.01 Å². The first kappa shape index (κ1) is 18.9. The van der Waals surface area contributed by atoms with Crippen molar-refractivity contribution in [2.45, 2.75) is 40.7 Å². The van der Waals surface area contributed by atoms with E-state index in [-0.39, 0.29) is 17.9 Å². The molecular weight excluding hydrogens is 340 g/mol. The Morgan fingerprint density at radius 3 is 2.56 bits per heavy atom. The number of nitrogens with one attached hydrogen (secondary N) is 1. The maximum absolute atomic E-state index is 13.0. The van der Waals surface area contributed by atoms with Gasteiger partial charge in [-0.05, 0) is 70.0 Å². The number of aromatic nitrogens is 2. The Balaban J connectivity index is 1.99. The molecule has 0 amide bonds. The third-order valence-electron chi connectivity index (χ3n) is 4.77. The molecule has 0 unspecified atom stereocenters. The van der Waals surface area contributed by atoms with Crippen molar-refractivity contribution in [2.75, 3.05) is 11.6 Å². The molecular formula is C21H26N4O2. The first-order chi connectivity index (χ1) is 12.7. The van der Waals surface area contributed by atoms with E-state index in [0.29, 0.717) is 17.3 Å². The second-order valence-corrected chi connectivity index (χ2v) is 7.43. The summed E-state index contributed by atoms with van der Waals surface area (Å²) in [5.41, 5.74) is 4.20. The van der Waals surface area contributed by atoms with Crippen LogP contribution in [-0.4, -0.2) is 21.9 Å². The van der Waals surface area contributed by atoms with Gasteiger partial charge in [0.2, 0.25) is 0 Å². The molecule has 0 radical (unpaired) electrons. The highest BCUT2D eigenvalue weighted by atomic mass is 16.1. The number of pyridine rings is 1. The van der Waals surface area contributed by atoms with Gasteiger partial charge < -0.3 is 9.55 Å². The van der Waals surface area contributed by atoms with Crippen LogP contribution in [0.2, 0.25) is 0 Å². The van der Waals surface area contributed by atoms with Gasteiger partial charge in [-0.3, -0.25) is 14.6 Å². The predicted octanol–water partition coefficient (Wildman–Crippen LogP) is 3.40. The molecule has 0 saturated carbocycles. The van der Waals surface area contributed by atoms with Crippen molar-refractivity contribution in [3.63, 3.8) is 0 Å². The maximum atomic E-state index is 13.0. The fraction of sp³-hybridized carbons (Fsp3) is 0.333. The van der Waals surface area contributed by atoms with Gasteiger partial charge in [0.15, 0.2) is 5.78 Å². The zero-order valence-electron chi connectivity index (χ0n) is 16.5. The summed E-state index contributed by atoms with van der Waals surface area (Å²) in [6.07, 6.45) is 2.00. The summed E-state index contributed by atoms with van der Waals surface area (Å²) in [6, 6.07) is 8.07. The number of hydrazine groups is 1. The number of fused-ring (bicyclic) bond motifs is 1. The maximum Gasteiger partial charge on any atom is 0.273 e. The second-order valence-electron chi connectivity index (χ2n) is 7.43. The molecule has 3 aromatic rings. The summed E-state index contributed by atoms with van der Waals surface area (Å²) >= 11 is 0. The summed E-state index contributed by atoms with van der Waals surface area (Å²) in [5, 5.41) is 2.14. The molecule has 2 aromatic heterocycles. The molecule has 0 bridgehead atoms. The molecule has 0 spiro atoms. The molecule has 3 N–H and O–H groups in total. The number of benzene rings is 1. The highest BCUT2D eigenvalue weighted by Crippen LogP contribution is 2.26. The highest BCUT2D eigenvalue weighted by molar-refractivity contribution is 6.09. The molecule has 0 fully saturated rings. The van der Waals surface area contributed by atoms with E-state index in [9.17, 15) is 9.59 Å². The van der Waals surface area contributed by atoms with E-state index >= 15 is 0 Å². The van der Waals surface area contributed by atoms with Crippen molar-refractivity contribution in [3.05, 3.63) is 63.2 Å². The van der Waals surface area contributed by atoms with Gasteiger partial charge in [-0.2, -0.15) is 0 Å². The van der Waals surface area contributed by atoms with Gasteiger partial charge in [0.25, 0.3) is 5.56 Å². The van der Waals surface area contributed by atoms with Crippen LogP contribution in [0.5, 0.6) is 0 Å². The van der Waals surface area contributed by atoms with Crippen LogP contribution in [0, 0.1) is 20.8 Å². The van der Waals surface area contributed by atoms with Crippen LogP contribution in [0.15, 0.2) is 35.3 Å². The Morgan fingerprint density at radius 1 is 1.22 bits per heavy atom. The Morgan fingerprint density at radius 2 is 1.93 bits per heavy atom. The number of ketones is 1. The van der Waals surface area contributed by atoms with E-state index in [0.717, 1.165) is 27.7 Å². The minimum Gasteiger partial charge on any atom is -0.345 e. The number of hydrogen-bond acceptors (Lipinski definition) is 4.